The lowest BCUT2D eigenvalue weighted by Crippen LogP contribution is -2.35. The Morgan fingerprint density at radius 2 is 1.73 bits per heavy atom. The third-order valence-corrected chi connectivity index (χ3v) is 4.77. The summed E-state index contributed by atoms with van der Waals surface area (Å²) < 4.78 is 10.4. The fourth-order valence-electron chi connectivity index (χ4n) is 3.41. The minimum absolute atomic E-state index is 0.00456. The van der Waals surface area contributed by atoms with Crippen molar-refractivity contribution in [3.8, 4) is 0 Å². The number of allylic oxidation sites excluding steroid dienone is 1. The zero-order valence-corrected chi connectivity index (χ0v) is 16.5. The van der Waals surface area contributed by atoms with Crippen LogP contribution in [0, 0.1) is 22.7 Å². The van der Waals surface area contributed by atoms with Crippen LogP contribution in [0.5, 0.6) is 0 Å². The maximum absolute atomic E-state index is 12.4. The summed E-state index contributed by atoms with van der Waals surface area (Å²) in [4.78, 5) is 35.8. The fourth-order valence-corrected chi connectivity index (χ4v) is 3.41. The van der Waals surface area contributed by atoms with Gasteiger partial charge in [0.05, 0.1) is 17.3 Å². The van der Waals surface area contributed by atoms with Crippen LogP contribution in [0.15, 0.2) is 12.2 Å². The van der Waals surface area contributed by atoms with Crippen molar-refractivity contribution in [2.45, 2.75) is 60.3 Å². The first-order valence-electron chi connectivity index (χ1n) is 9.23. The van der Waals surface area contributed by atoms with E-state index in [1.54, 1.807) is 12.2 Å². The average Bonchev–Trinajstić information content (AvgIpc) is 2.56. The number of hydrogen-bond donors (Lipinski definition) is 1. The maximum Gasteiger partial charge on any atom is 0.313 e. The van der Waals surface area contributed by atoms with Crippen LogP contribution >= 0.6 is 0 Å². The molecular formula is C20H32O6. The Balaban J connectivity index is 2.49. The Morgan fingerprint density at radius 3 is 2.27 bits per heavy atom. The SMILES string of the molecule is CCC(C)(CC(C)(C)C)C(=O)OCCOC(=O)C1C=CCCC1C(=O)O. The molecule has 0 amide bonds. The Bertz CT molecular complexity index is 545. The lowest BCUT2D eigenvalue weighted by Gasteiger charge is -2.32. The van der Waals surface area contributed by atoms with E-state index in [-0.39, 0.29) is 24.6 Å². The van der Waals surface area contributed by atoms with Gasteiger partial charge in [-0.25, -0.2) is 0 Å². The molecule has 0 aromatic carbocycles. The van der Waals surface area contributed by atoms with Crippen molar-refractivity contribution in [2.24, 2.45) is 22.7 Å². The first-order valence-corrected chi connectivity index (χ1v) is 9.23. The van der Waals surface area contributed by atoms with Crippen molar-refractivity contribution in [1.29, 1.82) is 0 Å². The van der Waals surface area contributed by atoms with Crippen LogP contribution in [0.2, 0.25) is 0 Å². The monoisotopic (exact) mass is 368 g/mol. The summed E-state index contributed by atoms with van der Waals surface area (Å²) in [5, 5.41) is 9.20. The van der Waals surface area contributed by atoms with E-state index in [0.29, 0.717) is 25.7 Å². The number of carboxylic acids is 1. The molecule has 0 saturated heterocycles. The quantitative estimate of drug-likeness (QED) is 0.400. The second kappa shape index (κ2) is 9.19. The standard InChI is InChI=1S/C20H32O6/c1-6-20(5,13-19(2,3)4)18(24)26-12-11-25-17(23)15-10-8-7-9-14(15)16(21)22/h8,10,14-15H,6-7,9,11-13H2,1-5H3,(H,21,22). The van der Waals surface area contributed by atoms with Crippen LogP contribution in [0.25, 0.3) is 0 Å². The van der Waals surface area contributed by atoms with E-state index in [1.807, 2.05) is 13.8 Å². The first-order chi connectivity index (χ1) is 12.0. The normalized spacial score (nSPS) is 22.3. The molecule has 3 unspecified atom stereocenters. The van der Waals surface area contributed by atoms with Crippen molar-refractivity contribution in [1.82, 2.24) is 0 Å². The summed E-state index contributed by atoms with van der Waals surface area (Å²) in [5.74, 6) is -3.42. The van der Waals surface area contributed by atoms with E-state index in [2.05, 4.69) is 20.8 Å². The third kappa shape index (κ3) is 6.46. The largest absolute Gasteiger partial charge is 0.481 e. The van der Waals surface area contributed by atoms with Gasteiger partial charge in [-0.05, 0) is 38.0 Å². The fraction of sp³-hybridized carbons (Fsp3) is 0.750. The van der Waals surface area contributed by atoms with E-state index in [4.69, 9.17) is 9.47 Å². The van der Waals surface area contributed by atoms with Crippen molar-refractivity contribution >= 4 is 17.9 Å². The highest BCUT2D eigenvalue weighted by atomic mass is 16.6. The molecule has 0 aromatic heterocycles. The zero-order valence-electron chi connectivity index (χ0n) is 16.5. The first kappa shape index (κ1) is 22.2. The van der Waals surface area contributed by atoms with Gasteiger partial charge in [0.1, 0.15) is 13.2 Å². The molecule has 3 atom stereocenters. The topological polar surface area (TPSA) is 89.9 Å². The van der Waals surface area contributed by atoms with Gasteiger partial charge in [-0.1, -0.05) is 39.8 Å². The van der Waals surface area contributed by atoms with Crippen LogP contribution in [0.1, 0.15) is 60.3 Å². The summed E-state index contributed by atoms with van der Waals surface area (Å²) in [6, 6.07) is 0. The van der Waals surface area contributed by atoms with Crippen LogP contribution in [-0.2, 0) is 23.9 Å². The highest BCUT2D eigenvalue weighted by Gasteiger charge is 2.37. The molecule has 0 saturated carbocycles. The second-order valence-corrected chi connectivity index (χ2v) is 8.43. The van der Waals surface area contributed by atoms with Gasteiger partial charge in [0, 0.05) is 0 Å². The number of carbonyl (C=O) groups is 3. The summed E-state index contributed by atoms with van der Waals surface area (Å²) in [6.07, 6.45) is 5.81. The molecule has 0 bridgehead atoms. The maximum atomic E-state index is 12.4. The van der Waals surface area contributed by atoms with E-state index in [0.717, 1.165) is 0 Å². The van der Waals surface area contributed by atoms with Crippen LogP contribution in [0.3, 0.4) is 0 Å². The number of ether oxygens (including phenoxy) is 2. The zero-order chi connectivity index (χ0) is 20.0. The smallest absolute Gasteiger partial charge is 0.313 e. The summed E-state index contributed by atoms with van der Waals surface area (Å²) in [6.45, 7) is 9.96. The molecule has 1 aliphatic rings. The molecule has 1 aliphatic carbocycles. The highest BCUT2D eigenvalue weighted by molar-refractivity contribution is 5.83. The molecule has 0 aromatic rings. The molecular weight excluding hydrogens is 336 g/mol. The number of rotatable bonds is 8. The molecule has 0 heterocycles. The molecule has 6 nitrogen and oxygen atoms in total. The predicted molar refractivity (Wildman–Crippen MR) is 97.4 cm³/mol. The Kier molecular flexibility index (Phi) is 7.85. The Hall–Kier alpha value is -1.85. The van der Waals surface area contributed by atoms with E-state index >= 15 is 0 Å². The van der Waals surface area contributed by atoms with Gasteiger partial charge in [-0.15, -0.1) is 0 Å². The van der Waals surface area contributed by atoms with Crippen LogP contribution in [0.4, 0.5) is 0 Å². The van der Waals surface area contributed by atoms with Gasteiger partial charge in [-0.3, -0.25) is 14.4 Å². The summed E-state index contributed by atoms with van der Waals surface area (Å²) in [5.41, 5.74) is -0.585. The molecule has 26 heavy (non-hydrogen) atoms. The van der Waals surface area contributed by atoms with E-state index in [1.165, 1.54) is 0 Å². The van der Waals surface area contributed by atoms with Gasteiger partial charge in [0.2, 0.25) is 0 Å². The predicted octanol–water partition coefficient (Wildman–Crippen LogP) is 3.59. The van der Waals surface area contributed by atoms with Crippen molar-refractivity contribution < 1.29 is 29.0 Å². The molecule has 6 heteroatoms. The van der Waals surface area contributed by atoms with Gasteiger partial charge >= 0.3 is 17.9 Å². The van der Waals surface area contributed by atoms with Gasteiger partial charge in [0.15, 0.2) is 0 Å². The minimum atomic E-state index is -0.997. The van der Waals surface area contributed by atoms with Crippen molar-refractivity contribution in [3.63, 3.8) is 0 Å². The molecule has 1 N–H and O–H groups in total. The lowest BCUT2D eigenvalue weighted by atomic mass is 9.73. The van der Waals surface area contributed by atoms with E-state index < -0.39 is 29.2 Å². The van der Waals surface area contributed by atoms with Crippen molar-refractivity contribution in [3.05, 3.63) is 12.2 Å². The minimum Gasteiger partial charge on any atom is -0.481 e. The number of esters is 2. The molecule has 0 fully saturated rings. The Labute approximate surface area is 155 Å². The molecule has 0 spiro atoms. The molecule has 0 aliphatic heterocycles. The molecule has 0 radical (unpaired) electrons. The highest BCUT2D eigenvalue weighted by Crippen LogP contribution is 2.37. The second-order valence-electron chi connectivity index (χ2n) is 8.43. The van der Waals surface area contributed by atoms with Crippen LogP contribution in [-0.4, -0.2) is 36.2 Å². The van der Waals surface area contributed by atoms with Gasteiger partial charge in [-0.2, -0.15) is 0 Å². The van der Waals surface area contributed by atoms with E-state index in [9.17, 15) is 19.5 Å². The lowest BCUT2D eigenvalue weighted by molar-refractivity contribution is -0.164. The summed E-state index contributed by atoms with van der Waals surface area (Å²) in [7, 11) is 0. The third-order valence-electron chi connectivity index (χ3n) is 4.77. The van der Waals surface area contributed by atoms with Crippen LogP contribution < -0.4 is 0 Å². The number of carboxylic acid groups (broad SMARTS) is 1. The van der Waals surface area contributed by atoms with Gasteiger partial charge in [0.25, 0.3) is 0 Å². The number of hydrogen-bond acceptors (Lipinski definition) is 5. The number of aliphatic carboxylic acids is 1. The Morgan fingerprint density at radius 1 is 1.12 bits per heavy atom. The molecule has 148 valence electrons. The van der Waals surface area contributed by atoms with Gasteiger partial charge < -0.3 is 14.6 Å². The number of carbonyl (C=O) groups excluding carboxylic acids is 2. The van der Waals surface area contributed by atoms with Crippen molar-refractivity contribution in [2.75, 3.05) is 13.2 Å². The molecule has 1 rings (SSSR count). The summed E-state index contributed by atoms with van der Waals surface area (Å²) >= 11 is 0. The average molecular weight is 368 g/mol.